The molecule has 0 atom stereocenters. The van der Waals surface area contributed by atoms with E-state index in [-0.39, 0.29) is 5.82 Å². The van der Waals surface area contributed by atoms with E-state index < -0.39 is 0 Å². The molecule has 4 nitrogen and oxygen atoms in total. The van der Waals surface area contributed by atoms with Crippen LogP contribution in [0.2, 0.25) is 0 Å². The van der Waals surface area contributed by atoms with E-state index in [1.807, 2.05) is 39.8 Å². The second kappa shape index (κ2) is 18.6. The molecule has 0 radical (unpaired) electrons. The third-order valence-electron chi connectivity index (χ3n) is 4.02. The molecule has 0 unspecified atom stereocenters. The highest BCUT2D eigenvalue weighted by molar-refractivity contribution is 5.39. The Labute approximate surface area is 191 Å². The first-order chi connectivity index (χ1) is 14.7. The van der Waals surface area contributed by atoms with E-state index >= 15 is 0 Å². The van der Waals surface area contributed by atoms with Gasteiger partial charge in [-0.25, -0.2) is 14.4 Å². The van der Waals surface area contributed by atoms with Crippen molar-refractivity contribution in [3.05, 3.63) is 47.5 Å². The molecular weight excluding hydrogens is 387 g/mol. The monoisotopic (exact) mass is 434 g/mol. The fourth-order valence-electron chi connectivity index (χ4n) is 2.33. The zero-order valence-corrected chi connectivity index (χ0v) is 21.4. The summed E-state index contributed by atoms with van der Waals surface area (Å²) in [5.41, 5.74) is 13.2. The Kier molecular flexibility index (Phi) is 18.6. The summed E-state index contributed by atoms with van der Waals surface area (Å²) in [6, 6.07) is 5.40. The SMILES string of the molecule is CC.CC.CC(C)Cc1cc(F)cnc1N.CC(C)Cc1cccnc1N.CC1CC1. The van der Waals surface area contributed by atoms with Crippen LogP contribution in [0.5, 0.6) is 0 Å². The van der Waals surface area contributed by atoms with Gasteiger partial charge in [0, 0.05) is 6.20 Å². The molecule has 0 aliphatic heterocycles. The fraction of sp³-hybridized carbons (Fsp3) is 0.615. The van der Waals surface area contributed by atoms with Crippen molar-refractivity contribution in [2.24, 2.45) is 17.8 Å². The van der Waals surface area contributed by atoms with E-state index in [0.717, 1.165) is 36.1 Å². The first-order valence-electron chi connectivity index (χ1n) is 11.8. The Morgan fingerprint density at radius 2 is 1.35 bits per heavy atom. The van der Waals surface area contributed by atoms with Crippen molar-refractivity contribution in [1.29, 1.82) is 0 Å². The molecule has 178 valence electrons. The summed E-state index contributed by atoms with van der Waals surface area (Å²) >= 11 is 0. The lowest BCUT2D eigenvalue weighted by Gasteiger charge is -2.06. The predicted octanol–water partition coefficient (Wildman–Crippen LogP) is 7.33. The topological polar surface area (TPSA) is 77.8 Å². The van der Waals surface area contributed by atoms with E-state index in [9.17, 15) is 4.39 Å². The molecule has 0 spiro atoms. The number of anilines is 2. The van der Waals surface area contributed by atoms with Crippen LogP contribution in [0.4, 0.5) is 16.0 Å². The van der Waals surface area contributed by atoms with Crippen molar-refractivity contribution < 1.29 is 4.39 Å². The van der Waals surface area contributed by atoms with Crippen molar-refractivity contribution in [3.8, 4) is 0 Å². The maximum atomic E-state index is 12.7. The molecule has 1 saturated carbocycles. The maximum Gasteiger partial charge on any atom is 0.141 e. The Morgan fingerprint density at radius 1 is 0.903 bits per heavy atom. The van der Waals surface area contributed by atoms with E-state index in [2.05, 4.69) is 44.6 Å². The Bertz CT molecular complexity index is 683. The second-order valence-electron chi connectivity index (χ2n) is 8.12. The number of rotatable bonds is 4. The molecule has 2 aromatic rings. The number of hydrogen-bond donors (Lipinski definition) is 2. The summed E-state index contributed by atoms with van der Waals surface area (Å²) < 4.78 is 12.7. The normalized spacial score (nSPS) is 11.6. The summed E-state index contributed by atoms with van der Waals surface area (Å²) in [4.78, 5) is 7.74. The third-order valence-corrected chi connectivity index (χ3v) is 4.02. The molecule has 0 amide bonds. The summed E-state index contributed by atoms with van der Waals surface area (Å²) in [5, 5.41) is 0. The van der Waals surface area contributed by atoms with E-state index in [4.69, 9.17) is 11.5 Å². The lowest BCUT2D eigenvalue weighted by Crippen LogP contribution is -2.02. The number of pyridine rings is 2. The van der Waals surface area contributed by atoms with Crippen molar-refractivity contribution in [2.75, 3.05) is 11.5 Å². The number of aromatic nitrogens is 2. The molecule has 2 aromatic heterocycles. The standard InChI is InChI=1S/C9H13FN2.C9H14N2.C4H8.2C2H6/c1-6(2)3-7-4-8(10)5-12-9(7)11;1-7(2)6-8-4-3-5-11-9(8)10;1-4-2-3-4;2*1-2/h4-6H,3H2,1-2H3,(H2,11,12);3-5,7H,6H2,1-2H3,(H2,10,11);4H,2-3H2,1H3;2*1-2H3. The smallest absolute Gasteiger partial charge is 0.141 e. The minimum Gasteiger partial charge on any atom is -0.383 e. The molecule has 5 heteroatoms. The predicted molar refractivity (Wildman–Crippen MR) is 135 cm³/mol. The molecule has 4 N–H and O–H groups in total. The van der Waals surface area contributed by atoms with Gasteiger partial charge in [0.05, 0.1) is 6.20 Å². The van der Waals surface area contributed by atoms with Crippen LogP contribution in [-0.4, -0.2) is 9.97 Å². The zero-order valence-electron chi connectivity index (χ0n) is 21.4. The van der Waals surface area contributed by atoms with Gasteiger partial charge in [-0.3, -0.25) is 0 Å². The van der Waals surface area contributed by atoms with Gasteiger partial charge < -0.3 is 11.5 Å². The summed E-state index contributed by atoms with van der Waals surface area (Å²) in [7, 11) is 0. The maximum absolute atomic E-state index is 12.7. The van der Waals surface area contributed by atoms with Gasteiger partial charge in [0.15, 0.2) is 0 Å². The van der Waals surface area contributed by atoms with Crippen molar-refractivity contribution in [3.63, 3.8) is 0 Å². The molecule has 3 rings (SSSR count). The van der Waals surface area contributed by atoms with Gasteiger partial charge in [-0.1, -0.05) is 81.2 Å². The highest BCUT2D eigenvalue weighted by Crippen LogP contribution is 2.26. The van der Waals surface area contributed by atoms with Gasteiger partial charge >= 0.3 is 0 Å². The zero-order chi connectivity index (χ0) is 24.4. The second-order valence-corrected chi connectivity index (χ2v) is 8.12. The first-order valence-corrected chi connectivity index (χ1v) is 11.8. The highest BCUT2D eigenvalue weighted by Gasteiger charge is 2.12. The van der Waals surface area contributed by atoms with Crippen LogP contribution in [0.15, 0.2) is 30.6 Å². The Balaban J connectivity index is 0. The number of nitrogens with zero attached hydrogens (tertiary/aromatic N) is 2. The van der Waals surface area contributed by atoms with Gasteiger partial charge in [-0.15, -0.1) is 0 Å². The molecule has 31 heavy (non-hydrogen) atoms. The number of hydrogen-bond acceptors (Lipinski definition) is 4. The fourth-order valence-corrected chi connectivity index (χ4v) is 2.33. The van der Waals surface area contributed by atoms with Crippen LogP contribution in [0.25, 0.3) is 0 Å². The van der Waals surface area contributed by atoms with Crippen LogP contribution in [0, 0.1) is 23.6 Å². The van der Waals surface area contributed by atoms with Crippen LogP contribution >= 0.6 is 0 Å². The number of nitrogens with two attached hydrogens (primary N) is 2. The van der Waals surface area contributed by atoms with Gasteiger partial charge in [0.1, 0.15) is 17.5 Å². The average Bonchev–Trinajstić information content (AvgIpc) is 3.52. The van der Waals surface area contributed by atoms with Gasteiger partial charge in [0.25, 0.3) is 0 Å². The lowest BCUT2D eigenvalue weighted by molar-refractivity contribution is 0.607. The average molecular weight is 435 g/mol. The van der Waals surface area contributed by atoms with Gasteiger partial charge in [-0.2, -0.15) is 0 Å². The van der Waals surface area contributed by atoms with E-state index in [1.165, 1.54) is 18.9 Å². The molecule has 1 fully saturated rings. The minimum absolute atomic E-state index is 0.320. The lowest BCUT2D eigenvalue weighted by atomic mass is 10.0. The third kappa shape index (κ3) is 17.2. The van der Waals surface area contributed by atoms with Crippen molar-refractivity contribution in [1.82, 2.24) is 9.97 Å². The van der Waals surface area contributed by atoms with E-state index in [1.54, 1.807) is 6.20 Å². The molecule has 1 aliphatic rings. The van der Waals surface area contributed by atoms with Crippen LogP contribution in [0.3, 0.4) is 0 Å². The van der Waals surface area contributed by atoms with Crippen LogP contribution in [-0.2, 0) is 12.8 Å². The first kappa shape index (κ1) is 31.0. The van der Waals surface area contributed by atoms with Crippen LogP contribution in [0.1, 0.15) is 86.3 Å². The minimum atomic E-state index is -0.320. The summed E-state index contributed by atoms with van der Waals surface area (Å²) in [5.74, 6) is 2.98. The van der Waals surface area contributed by atoms with Gasteiger partial charge in [-0.05, 0) is 53.9 Å². The molecule has 0 saturated heterocycles. The number of halogens is 1. The van der Waals surface area contributed by atoms with Crippen LogP contribution < -0.4 is 11.5 Å². The largest absolute Gasteiger partial charge is 0.383 e. The quantitative estimate of drug-likeness (QED) is 0.528. The Hall–Kier alpha value is -2.17. The molecule has 0 bridgehead atoms. The Morgan fingerprint density at radius 3 is 1.77 bits per heavy atom. The number of nitrogen functional groups attached to an aromatic ring is 2. The van der Waals surface area contributed by atoms with Gasteiger partial charge in [0.2, 0.25) is 0 Å². The highest BCUT2D eigenvalue weighted by atomic mass is 19.1. The van der Waals surface area contributed by atoms with E-state index in [0.29, 0.717) is 23.5 Å². The summed E-state index contributed by atoms with van der Waals surface area (Å²) in [6.07, 6.45) is 7.62. The van der Waals surface area contributed by atoms with Crippen molar-refractivity contribution >= 4 is 11.6 Å². The molecule has 0 aromatic carbocycles. The molecule has 2 heterocycles. The van der Waals surface area contributed by atoms with Crippen molar-refractivity contribution in [2.45, 2.75) is 88.0 Å². The molecule has 1 aliphatic carbocycles. The summed E-state index contributed by atoms with van der Waals surface area (Å²) in [6.45, 7) is 18.7. The molecular formula is C26H47FN4.